The molecule has 4 heterocycles. The maximum Gasteiger partial charge on any atom is 0.317 e. The Bertz CT molecular complexity index is 1030. The van der Waals surface area contributed by atoms with Crippen LogP contribution in [0.3, 0.4) is 0 Å². The number of carbonyl (C=O) groups is 2. The average molecular weight is 533 g/mol. The average Bonchev–Trinajstić information content (AvgIpc) is 3.14. The van der Waals surface area contributed by atoms with Gasteiger partial charge in [0.05, 0.1) is 23.5 Å². The van der Waals surface area contributed by atoms with Crippen molar-refractivity contribution in [3.63, 3.8) is 0 Å². The van der Waals surface area contributed by atoms with Gasteiger partial charge in [-0.3, -0.25) is 9.59 Å². The lowest BCUT2D eigenvalue weighted by Gasteiger charge is -2.52. The Morgan fingerprint density at radius 3 is 2.36 bits per heavy atom. The van der Waals surface area contributed by atoms with E-state index in [9.17, 15) is 9.59 Å². The molecule has 1 aromatic carbocycles. The van der Waals surface area contributed by atoms with Gasteiger partial charge < -0.3 is 26.9 Å². The summed E-state index contributed by atoms with van der Waals surface area (Å²) in [6.07, 6.45) is 9.53. The standard InChI is InChI=1S/C28H34ClN3O3.ClH/c29-23-10-11-25(30-18-23)31-26(33)20-32-16-12-21(13-17-32)24(19-32)35-27(34)28(14-6-1-2-7-15-28)22-8-4-3-5-9-22;/h3-5,8-11,18,21,24H,1-2,6-7,12-17,19-20H2;1H. The Kier molecular flexibility index (Phi) is 8.59. The lowest BCUT2D eigenvalue weighted by molar-refractivity contribution is -0.939. The summed E-state index contributed by atoms with van der Waals surface area (Å²) in [6.45, 7) is 2.98. The molecule has 1 unspecified atom stereocenters. The normalized spacial score (nSPS) is 26.8. The van der Waals surface area contributed by atoms with E-state index in [2.05, 4.69) is 22.4 Å². The molecule has 3 aliphatic heterocycles. The maximum absolute atomic E-state index is 13.9. The number of nitrogens with one attached hydrogen (secondary N) is 1. The first-order chi connectivity index (χ1) is 17.0. The van der Waals surface area contributed by atoms with Crippen molar-refractivity contribution in [1.29, 1.82) is 0 Å². The van der Waals surface area contributed by atoms with Crippen molar-refractivity contribution < 1.29 is 31.2 Å². The molecule has 0 radical (unpaired) electrons. The molecule has 2 aromatic rings. The molecule has 1 saturated carbocycles. The van der Waals surface area contributed by atoms with Crippen LogP contribution in [0.1, 0.15) is 56.9 Å². The van der Waals surface area contributed by atoms with Crippen LogP contribution in [-0.2, 0) is 19.7 Å². The molecule has 194 valence electrons. The largest absolute Gasteiger partial charge is 1.00 e. The first-order valence-corrected chi connectivity index (χ1v) is 13.4. The van der Waals surface area contributed by atoms with E-state index >= 15 is 0 Å². The molecular formula is C28H35Cl2N3O3. The van der Waals surface area contributed by atoms with Gasteiger partial charge in [-0.15, -0.1) is 0 Å². The second-order valence-electron chi connectivity index (χ2n) is 10.7. The second-order valence-corrected chi connectivity index (χ2v) is 11.1. The van der Waals surface area contributed by atoms with E-state index in [0.717, 1.165) is 57.2 Å². The highest BCUT2D eigenvalue weighted by atomic mass is 35.5. The number of hydrogen-bond donors (Lipinski definition) is 1. The number of rotatable bonds is 6. The zero-order valence-corrected chi connectivity index (χ0v) is 22.1. The van der Waals surface area contributed by atoms with E-state index < -0.39 is 5.41 Å². The van der Waals surface area contributed by atoms with Crippen molar-refractivity contribution in [3.8, 4) is 0 Å². The van der Waals surface area contributed by atoms with E-state index in [1.165, 1.54) is 19.0 Å². The first-order valence-electron chi connectivity index (χ1n) is 13.0. The minimum atomic E-state index is -0.549. The van der Waals surface area contributed by atoms with Gasteiger partial charge >= 0.3 is 5.97 Å². The van der Waals surface area contributed by atoms with Crippen LogP contribution in [-0.4, -0.2) is 53.6 Å². The molecule has 1 atom stereocenters. The van der Waals surface area contributed by atoms with E-state index in [1.807, 2.05) is 18.2 Å². The Morgan fingerprint density at radius 1 is 1.03 bits per heavy atom. The molecule has 1 amide bonds. The summed E-state index contributed by atoms with van der Waals surface area (Å²) >= 11 is 5.91. The van der Waals surface area contributed by atoms with E-state index in [0.29, 0.717) is 34.3 Å². The fourth-order valence-electron chi connectivity index (χ4n) is 6.46. The number of ether oxygens (including phenoxy) is 1. The molecule has 3 saturated heterocycles. The van der Waals surface area contributed by atoms with E-state index in [1.54, 1.807) is 12.1 Å². The number of aromatic nitrogens is 1. The number of amides is 1. The number of pyridine rings is 1. The minimum Gasteiger partial charge on any atom is -1.00 e. The van der Waals surface area contributed by atoms with Gasteiger partial charge in [0, 0.05) is 25.0 Å². The number of carbonyl (C=O) groups excluding carboxylic acids is 2. The highest BCUT2D eigenvalue weighted by molar-refractivity contribution is 6.30. The van der Waals surface area contributed by atoms with Gasteiger partial charge in [0.2, 0.25) is 0 Å². The summed E-state index contributed by atoms with van der Waals surface area (Å²) in [4.78, 5) is 31.0. The van der Waals surface area contributed by atoms with Crippen LogP contribution < -0.4 is 17.7 Å². The van der Waals surface area contributed by atoms with E-state index in [-0.39, 0.29) is 30.4 Å². The molecule has 36 heavy (non-hydrogen) atoms. The van der Waals surface area contributed by atoms with Crippen molar-refractivity contribution in [2.75, 3.05) is 31.5 Å². The molecule has 1 aliphatic carbocycles. The number of hydrogen-bond acceptors (Lipinski definition) is 4. The molecular weight excluding hydrogens is 497 g/mol. The minimum absolute atomic E-state index is 0. The highest BCUT2D eigenvalue weighted by Crippen LogP contribution is 2.42. The molecule has 1 N–H and O–H groups in total. The van der Waals surface area contributed by atoms with Crippen LogP contribution in [0.4, 0.5) is 5.82 Å². The fourth-order valence-corrected chi connectivity index (χ4v) is 6.58. The quantitative estimate of drug-likeness (QED) is 0.352. The summed E-state index contributed by atoms with van der Waals surface area (Å²) in [7, 11) is 0. The first kappa shape index (κ1) is 26.9. The van der Waals surface area contributed by atoms with Gasteiger partial charge in [-0.25, -0.2) is 4.98 Å². The van der Waals surface area contributed by atoms with Crippen LogP contribution in [0.25, 0.3) is 0 Å². The van der Waals surface area contributed by atoms with Crippen molar-refractivity contribution in [2.45, 2.75) is 62.9 Å². The number of quaternary nitrogens is 1. The van der Waals surface area contributed by atoms with Crippen LogP contribution in [0.2, 0.25) is 5.02 Å². The Hall–Kier alpha value is -2.15. The van der Waals surface area contributed by atoms with Gasteiger partial charge in [0.1, 0.15) is 12.4 Å². The summed E-state index contributed by atoms with van der Waals surface area (Å²) in [6, 6.07) is 13.7. The maximum atomic E-state index is 13.9. The van der Waals surface area contributed by atoms with Gasteiger partial charge in [0.25, 0.3) is 5.91 Å². The molecule has 4 fully saturated rings. The van der Waals surface area contributed by atoms with Gasteiger partial charge in [-0.1, -0.05) is 67.6 Å². The van der Waals surface area contributed by atoms with Crippen LogP contribution in [0.5, 0.6) is 0 Å². The Balaban J connectivity index is 0.00000304. The van der Waals surface area contributed by atoms with Crippen LogP contribution >= 0.6 is 11.6 Å². The Morgan fingerprint density at radius 2 is 1.72 bits per heavy atom. The van der Waals surface area contributed by atoms with Crippen molar-refractivity contribution >= 4 is 29.3 Å². The third-order valence-electron chi connectivity index (χ3n) is 8.45. The number of fused-ring (bicyclic) bond motifs is 3. The zero-order valence-electron chi connectivity index (χ0n) is 20.6. The summed E-state index contributed by atoms with van der Waals surface area (Å²) in [5.41, 5.74) is 0.540. The predicted octanol–water partition coefficient (Wildman–Crippen LogP) is 2.12. The second kappa shape index (κ2) is 11.5. The third kappa shape index (κ3) is 5.71. The summed E-state index contributed by atoms with van der Waals surface area (Å²) in [5.74, 6) is 0.774. The number of esters is 1. The van der Waals surface area contributed by atoms with Crippen LogP contribution in [0.15, 0.2) is 48.7 Å². The predicted molar refractivity (Wildman–Crippen MR) is 136 cm³/mol. The van der Waals surface area contributed by atoms with Crippen molar-refractivity contribution in [2.24, 2.45) is 5.92 Å². The topological polar surface area (TPSA) is 68.3 Å². The van der Waals surface area contributed by atoms with Gasteiger partial charge in [0.15, 0.2) is 12.6 Å². The smallest absolute Gasteiger partial charge is 0.317 e. The van der Waals surface area contributed by atoms with Gasteiger partial charge in [-0.05, 0) is 30.5 Å². The molecule has 2 bridgehead atoms. The highest BCUT2D eigenvalue weighted by Gasteiger charge is 2.51. The van der Waals surface area contributed by atoms with E-state index in [4.69, 9.17) is 16.3 Å². The van der Waals surface area contributed by atoms with Crippen molar-refractivity contribution in [3.05, 3.63) is 59.2 Å². The van der Waals surface area contributed by atoms with Crippen LogP contribution in [0, 0.1) is 5.92 Å². The third-order valence-corrected chi connectivity index (χ3v) is 8.67. The zero-order chi connectivity index (χ0) is 24.3. The Labute approximate surface area is 224 Å². The monoisotopic (exact) mass is 531 g/mol. The summed E-state index contributed by atoms with van der Waals surface area (Å²) < 4.78 is 7.08. The fraction of sp³-hybridized carbons (Fsp3) is 0.536. The molecule has 6 nitrogen and oxygen atoms in total. The molecule has 6 rings (SSSR count). The molecule has 4 aliphatic rings. The number of piperidine rings is 3. The lowest BCUT2D eigenvalue weighted by atomic mass is 9.74. The number of halogens is 2. The molecule has 1 aromatic heterocycles. The summed E-state index contributed by atoms with van der Waals surface area (Å²) in [5, 5.41) is 3.44. The number of nitrogens with zero attached hydrogens (tertiary/aromatic N) is 2. The number of benzene rings is 1. The van der Waals surface area contributed by atoms with Crippen molar-refractivity contribution in [1.82, 2.24) is 4.98 Å². The SMILES string of the molecule is O=C(C[N+]12CCC(CC1)C(OC(=O)C1(c3ccccc3)CCCCCC1)C2)Nc1ccc(Cl)cn1.[Cl-]. The van der Waals surface area contributed by atoms with Gasteiger partial charge in [-0.2, -0.15) is 0 Å². The molecule has 0 spiro atoms. The number of anilines is 1. The molecule has 8 heteroatoms. The lowest BCUT2D eigenvalue weighted by Crippen LogP contribution is -3.00.